The van der Waals surface area contributed by atoms with Gasteiger partial charge >= 0.3 is 5.69 Å². The summed E-state index contributed by atoms with van der Waals surface area (Å²) in [6, 6.07) is 12.6. The van der Waals surface area contributed by atoms with Crippen LogP contribution in [0.5, 0.6) is 5.75 Å². The monoisotopic (exact) mass is 419 g/mol. The summed E-state index contributed by atoms with van der Waals surface area (Å²) in [7, 11) is -3.60. The molecule has 1 aliphatic heterocycles. The zero-order valence-electron chi connectivity index (χ0n) is 15.9. The summed E-state index contributed by atoms with van der Waals surface area (Å²) in [5.41, 5.74) is 0.569. The SMILES string of the molecule is Cc1ccc([N+](=O)[O-])c(OCC(=O)N2CCN(S(=O)(=O)c3ccccc3)CC2)c1. The predicted molar refractivity (Wildman–Crippen MR) is 105 cm³/mol. The molecular formula is C19H21N3O6S. The summed E-state index contributed by atoms with van der Waals surface area (Å²) >= 11 is 0. The number of benzene rings is 2. The Morgan fingerprint density at radius 2 is 1.76 bits per heavy atom. The molecule has 0 N–H and O–H groups in total. The van der Waals surface area contributed by atoms with Crippen molar-refractivity contribution in [3.05, 3.63) is 64.2 Å². The number of piperazine rings is 1. The topological polar surface area (TPSA) is 110 Å². The van der Waals surface area contributed by atoms with Gasteiger partial charge in [-0.3, -0.25) is 14.9 Å². The summed E-state index contributed by atoms with van der Waals surface area (Å²) in [4.78, 5) is 24.7. The summed E-state index contributed by atoms with van der Waals surface area (Å²) in [5, 5.41) is 11.1. The quantitative estimate of drug-likeness (QED) is 0.522. The van der Waals surface area contributed by atoms with Crippen molar-refractivity contribution in [1.82, 2.24) is 9.21 Å². The van der Waals surface area contributed by atoms with Gasteiger partial charge in [0.25, 0.3) is 5.91 Å². The molecule has 154 valence electrons. The van der Waals surface area contributed by atoms with Gasteiger partial charge < -0.3 is 9.64 Å². The van der Waals surface area contributed by atoms with E-state index >= 15 is 0 Å². The Kier molecular flexibility index (Phi) is 6.14. The van der Waals surface area contributed by atoms with Crippen molar-refractivity contribution >= 4 is 21.6 Å². The maximum Gasteiger partial charge on any atom is 0.310 e. The highest BCUT2D eigenvalue weighted by molar-refractivity contribution is 7.89. The molecule has 1 aliphatic rings. The number of amides is 1. The number of aryl methyl sites for hydroxylation is 1. The van der Waals surface area contributed by atoms with Crippen molar-refractivity contribution in [1.29, 1.82) is 0 Å². The number of hydrogen-bond donors (Lipinski definition) is 0. The van der Waals surface area contributed by atoms with E-state index in [1.54, 1.807) is 31.2 Å². The van der Waals surface area contributed by atoms with Crippen LogP contribution in [0.25, 0.3) is 0 Å². The lowest BCUT2D eigenvalue weighted by Crippen LogP contribution is -2.51. The zero-order chi connectivity index (χ0) is 21.0. The molecule has 9 nitrogen and oxygen atoms in total. The first-order chi connectivity index (χ1) is 13.8. The first-order valence-electron chi connectivity index (χ1n) is 9.00. The predicted octanol–water partition coefficient (Wildman–Crippen LogP) is 1.82. The molecule has 2 aromatic carbocycles. The molecule has 1 fully saturated rings. The summed E-state index contributed by atoms with van der Waals surface area (Å²) in [6.45, 7) is 2.22. The number of hydrogen-bond acceptors (Lipinski definition) is 6. The van der Waals surface area contributed by atoms with Crippen molar-refractivity contribution in [3.63, 3.8) is 0 Å². The van der Waals surface area contributed by atoms with Crippen LogP contribution in [0.4, 0.5) is 5.69 Å². The number of ether oxygens (including phenoxy) is 1. The lowest BCUT2D eigenvalue weighted by Gasteiger charge is -2.33. The fraction of sp³-hybridized carbons (Fsp3) is 0.316. The zero-order valence-corrected chi connectivity index (χ0v) is 16.7. The average molecular weight is 419 g/mol. The Bertz CT molecular complexity index is 1000. The number of carbonyl (C=O) groups is 1. The molecule has 3 rings (SSSR count). The minimum Gasteiger partial charge on any atom is -0.477 e. The normalized spacial score (nSPS) is 15.1. The van der Waals surface area contributed by atoms with Gasteiger partial charge in [-0.25, -0.2) is 8.42 Å². The van der Waals surface area contributed by atoms with Crippen LogP contribution in [0.15, 0.2) is 53.4 Å². The van der Waals surface area contributed by atoms with Crippen molar-refractivity contribution in [2.24, 2.45) is 0 Å². The van der Waals surface area contributed by atoms with E-state index in [9.17, 15) is 23.3 Å². The van der Waals surface area contributed by atoms with Gasteiger partial charge in [-0.15, -0.1) is 0 Å². The third-order valence-corrected chi connectivity index (χ3v) is 6.55. The van der Waals surface area contributed by atoms with E-state index in [2.05, 4.69) is 0 Å². The molecule has 0 radical (unpaired) electrons. The Morgan fingerprint density at radius 1 is 1.10 bits per heavy atom. The number of nitrogens with zero attached hydrogens (tertiary/aromatic N) is 3. The number of sulfonamides is 1. The minimum absolute atomic E-state index is 0.0358. The highest BCUT2D eigenvalue weighted by atomic mass is 32.2. The molecule has 29 heavy (non-hydrogen) atoms. The van der Waals surface area contributed by atoms with Crippen LogP contribution in [-0.2, 0) is 14.8 Å². The molecule has 1 amide bonds. The van der Waals surface area contributed by atoms with Crippen molar-refractivity contribution in [2.45, 2.75) is 11.8 Å². The van der Waals surface area contributed by atoms with E-state index in [1.807, 2.05) is 0 Å². The van der Waals surface area contributed by atoms with E-state index in [4.69, 9.17) is 4.74 Å². The van der Waals surface area contributed by atoms with Gasteiger partial charge in [0.15, 0.2) is 12.4 Å². The smallest absolute Gasteiger partial charge is 0.310 e. The third-order valence-electron chi connectivity index (χ3n) is 4.64. The van der Waals surface area contributed by atoms with Gasteiger partial charge in [-0.2, -0.15) is 4.31 Å². The fourth-order valence-electron chi connectivity index (χ4n) is 3.04. The minimum atomic E-state index is -3.60. The van der Waals surface area contributed by atoms with Crippen LogP contribution in [0.3, 0.4) is 0 Å². The van der Waals surface area contributed by atoms with E-state index in [0.717, 1.165) is 5.56 Å². The van der Waals surface area contributed by atoms with Gasteiger partial charge in [0.05, 0.1) is 9.82 Å². The summed E-state index contributed by atoms with van der Waals surface area (Å²) in [5.74, 6) is -0.314. The number of nitro groups is 1. The molecule has 0 unspecified atom stereocenters. The molecule has 2 aromatic rings. The Morgan fingerprint density at radius 3 is 2.38 bits per heavy atom. The number of nitro benzene ring substituents is 1. The van der Waals surface area contributed by atoms with E-state index in [-0.39, 0.29) is 55.0 Å². The van der Waals surface area contributed by atoms with Gasteiger partial charge in [0, 0.05) is 32.2 Å². The maximum atomic E-state index is 12.6. The lowest BCUT2D eigenvalue weighted by atomic mass is 10.2. The summed E-state index contributed by atoms with van der Waals surface area (Å²) in [6.07, 6.45) is 0. The molecule has 10 heteroatoms. The molecule has 1 saturated heterocycles. The van der Waals surface area contributed by atoms with Gasteiger partial charge in [0.2, 0.25) is 10.0 Å². The molecule has 0 saturated carbocycles. The van der Waals surface area contributed by atoms with Gasteiger partial charge in [-0.1, -0.05) is 24.3 Å². The molecule has 0 atom stereocenters. The standard InChI is InChI=1S/C19H21N3O6S/c1-15-7-8-17(22(24)25)18(13-15)28-14-19(23)20-9-11-21(12-10-20)29(26,27)16-5-3-2-4-6-16/h2-8,13H,9-12,14H2,1H3. The van der Waals surface area contributed by atoms with Crippen LogP contribution in [0, 0.1) is 17.0 Å². The Balaban J connectivity index is 1.59. The largest absolute Gasteiger partial charge is 0.477 e. The van der Waals surface area contributed by atoms with E-state index < -0.39 is 14.9 Å². The second-order valence-corrected chi connectivity index (χ2v) is 8.55. The molecule has 0 spiro atoms. The second kappa shape index (κ2) is 8.58. The number of carbonyl (C=O) groups excluding carboxylic acids is 1. The average Bonchev–Trinajstić information content (AvgIpc) is 2.72. The van der Waals surface area contributed by atoms with Crippen molar-refractivity contribution in [2.75, 3.05) is 32.8 Å². The highest BCUT2D eigenvalue weighted by Gasteiger charge is 2.30. The number of rotatable bonds is 6. The highest BCUT2D eigenvalue weighted by Crippen LogP contribution is 2.27. The molecule has 0 aromatic heterocycles. The van der Waals surface area contributed by atoms with Crippen molar-refractivity contribution in [3.8, 4) is 5.75 Å². The molecular weight excluding hydrogens is 398 g/mol. The molecule has 1 heterocycles. The Hall–Kier alpha value is -2.98. The van der Waals surface area contributed by atoms with E-state index in [1.165, 1.54) is 33.5 Å². The van der Waals surface area contributed by atoms with Crippen LogP contribution in [-0.4, -0.2) is 61.2 Å². The van der Waals surface area contributed by atoms with Gasteiger partial charge in [-0.05, 0) is 30.7 Å². The molecule has 0 aliphatic carbocycles. The van der Waals surface area contributed by atoms with Crippen LogP contribution in [0.2, 0.25) is 0 Å². The maximum absolute atomic E-state index is 12.6. The lowest BCUT2D eigenvalue weighted by molar-refractivity contribution is -0.385. The van der Waals surface area contributed by atoms with Crippen LogP contribution >= 0.6 is 0 Å². The second-order valence-electron chi connectivity index (χ2n) is 6.61. The van der Waals surface area contributed by atoms with Crippen LogP contribution < -0.4 is 4.74 Å². The fourth-order valence-corrected chi connectivity index (χ4v) is 4.48. The van der Waals surface area contributed by atoms with Crippen molar-refractivity contribution < 1.29 is 22.9 Å². The Labute approximate surface area is 168 Å². The molecule has 0 bridgehead atoms. The summed E-state index contributed by atoms with van der Waals surface area (Å²) < 4.78 is 32.0. The van der Waals surface area contributed by atoms with E-state index in [0.29, 0.717) is 0 Å². The first kappa shape index (κ1) is 20.7. The first-order valence-corrected chi connectivity index (χ1v) is 10.4. The third kappa shape index (κ3) is 4.72. The van der Waals surface area contributed by atoms with Crippen LogP contribution in [0.1, 0.15) is 5.56 Å². The van der Waals surface area contributed by atoms with Gasteiger partial charge in [0.1, 0.15) is 0 Å².